The van der Waals surface area contributed by atoms with Crippen molar-refractivity contribution in [3.8, 4) is 0 Å². The molecular formula is C37H51N6O3S+. The maximum atomic E-state index is 12.4. The second kappa shape index (κ2) is 15.3. The normalized spacial score (nSPS) is 19.2. The predicted molar refractivity (Wildman–Crippen MR) is 192 cm³/mol. The fourth-order valence-corrected chi connectivity index (χ4v) is 9.09. The fraction of sp³-hybridized carbons (Fsp3) is 0.541. The molecule has 6 rings (SSSR count). The van der Waals surface area contributed by atoms with E-state index < -0.39 is 0 Å². The highest BCUT2D eigenvalue weighted by Crippen LogP contribution is 2.38. The van der Waals surface area contributed by atoms with Crippen molar-refractivity contribution in [1.82, 2.24) is 25.4 Å². The Morgan fingerprint density at radius 1 is 1.06 bits per heavy atom. The number of likely N-dealkylation sites (N-methyl/N-ethyl adjacent to an activating group) is 1. The number of nitrogens with zero attached hydrogens (tertiary/aromatic N) is 3. The topological polar surface area (TPSA) is 91.5 Å². The third-order valence-electron chi connectivity index (χ3n) is 10.2. The first-order valence-electron chi connectivity index (χ1n) is 17.5. The number of hydrogen-bond donors (Lipinski definition) is 3. The van der Waals surface area contributed by atoms with Crippen LogP contribution in [0.15, 0.2) is 42.7 Å². The number of aromatic nitrogens is 2. The number of benzene rings is 2. The van der Waals surface area contributed by atoms with Gasteiger partial charge in [-0.15, -0.1) is 0 Å². The molecule has 0 saturated carbocycles. The smallest absolute Gasteiger partial charge is 0.315 e. The number of unbranched alkanes of at least 4 members (excludes halogenated alkanes) is 1. The first-order valence-corrected chi connectivity index (χ1v) is 18.5. The van der Waals surface area contributed by atoms with Gasteiger partial charge >= 0.3 is 6.03 Å². The molecule has 3 amide bonds. The number of thioether (sulfide) groups is 1. The summed E-state index contributed by atoms with van der Waals surface area (Å²) in [7, 11) is 0. The summed E-state index contributed by atoms with van der Waals surface area (Å²) in [5.41, 5.74) is 5.14. The largest absolute Gasteiger partial charge is 0.378 e. The van der Waals surface area contributed by atoms with E-state index in [0.717, 1.165) is 57.7 Å². The van der Waals surface area contributed by atoms with Gasteiger partial charge in [-0.1, -0.05) is 38.5 Å². The van der Waals surface area contributed by atoms with E-state index in [9.17, 15) is 9.59 Å². The molecule has 0 bridgehead atoms. The molecule has 252 valence electrons. The Labute approximate surface area is 282 Å². The zero-order valence-electron chi connectivity index (χ0n) is 28.4. The molecule has 0 unspecified atom stereocenters. The third kappa shape index (κ3) is 7.25. The molecule has 4 heterocycles. The molecule has 3 N–H and O–H groups in total. The molecular weight excluding hydrogens is 609 g/mol. The van der Waals surface area contributed by atoms with Crippen LogP contribution in [-0.2, 0) is 22.6 Å². The average Bonchev–Trinajstić information content (AvgIpc) is 3.74. The molecule has 2 aliphatic rings. The summed E-state index contributed by atoms with van der Waals surface area (Å²) in [5.74, 6) is 1.05. The first-order chi connectivity index (χ1) is 22.9. The Balaban J connectivity index is 1.02. The minimum Gasteiger partial charge on any atom is -0.378 e. The number of fused-ring (bicyclic) bond motifs is 5. The minimum atomic E-state index is -0.0459. The third-order valence-corrected chi connectivity index (χ3v) is 11.7. The van der Waals surface area contributed by atoms with Crippen molar-refractivity contribution in [2.75, 3.05) is 45.1 Å². The van der Waals surface area contributed by atoms with Crippen molar-refractivity contribution in [1.29, 1.82) is 0 Å². The van der Waals surface area contributed by atoms with Gasteiger partial charge in [-0.05, 0) is 62.4 Å². The maximum Gasteiger partial charge on any atom is 0.315 e. The summed E-state index contributed by atoms with van der Waals surface area (Å²) in [5, 5.41) is 14.7. The van der Waals surface area contributed by atoms with Crippen molar-refractivity contribution in [2.24, 2.45) is 0 Å². The lowest BCUT2D eigenvalue weighted by Crippen LogP contribution is -2.40. The predicted octanol–water partition coefficient (Wildman–Crippen LogP) is 5.05. The van der Waals surface area contributed by atoms with Crippen LogP contribution >= 0.6 is 11.8 Å². The number of ether oxygens (including phenoxy) is 1. The number of aryl methyl sites for hydroxylation is 2. The van der Waals surface area contributed by atoms with Crippen LogP contribution in [0.4, 0.5) is 4.79 Å². The van der Waals surface area contributed by atoms with E-state index in [0.29, 0.717) is 31.4 Å². The van der Waals surface area contributed by atoms with Gasteiger partial charge in [-0.3, -0.25) is 9.69 Å². The molecule has 9 nitrogen and oxygen atoms in total. The molecule has 2 aromatic heterocycles. The van der Waals surface area contributed by atoms with Crippen molar-refractivity contribution < 1.29 is 18.9 Å². The van der Waals surface area contributed by atoms with Crippen molar-refractivity contribution in [3.05, 3.63) is 53.9 Å². The Morgan fingerprint density at radius 2 is 1.89 bits per heavy atom. The lowest BCUT2D eigenvalue weighted by atomic mass is 9.97. The van der Waals surface area contributed by atoms with Gasteiger partial charge in [0.25, 0.3) is 0 Å². The fourth-order valence-electron chi connectivity index (χ4n) is 7.55. The summed E-state index contributed by atoms with van der Waals surface area (Å²) in [4.78, 5) is 26.5. The molecule has 4 aromatic rings. The molecule has 0 spiro atoms. The van der Waals surface area contributed by atoms with Crippen molar-refractivity contribution in [2.45, 2.75) is 83.8 Å². The molecule has 0 aliphatic carbocycles. The van der Waals surface area contributed by atoms with Crippen LogP contribution in [0.1, 0.15) is 50.7 Å². The van der Waals surface area contributed by atoms with E-state index in [4.69, 9.17) is 4.74 Å². The monoisotopic (exact) mass is 659 g/mol. The Hall–Kier alpha value is -3.34. The number of amides is 3. The number of hydrogen-bond acceptors (Lipinski definition) is 5. The number of pyridine rings is 1. The Kier molecular flexibility index (Phi) is 10.9. The van der Waals surface area contributed by atoms with E-state index in [1.54, 1.807) is 0 Å². The molecule has 2 saturated heterocycles. The van der Waals surface area contributed by atoms with Gasteiger partial charge in [0.05, 0.1) is 37.4 Å². The van der Waals surface area contributed by atoms with Gasteiger partial charge in [0, 0.05) is 58.3 Å². The molecule has 2 aromatic carbocycles. The maximum absolute atomic E-state index is 12.4. The molecule has 47 heavy (non-hydrogen) atoms. The number of urea groups is 1. The molecule has 2 fully saturated rings. The van der Waals surface area contributed by atoms with E-state index in [1.807, 2.05) is 11.8 Å². The summed E-state index contributed by atoms with van der Waals surface area (Å²) >= 11 is 1.92. The molecule has 10 heteroatoms. The van der Waals surface area contributed by atoms with Crippen molar-refractivity contribution >= 4 is 56.3 Å². The van der Waals surface area contributed by atoms with E-state index in [1.165, 1.54) is 43.7 Å². The average molecular weight is 660 g/mol. The lowest BCUT2D eigenvalue weighted by Gasteiger charge is -2.16. The Bertz CT molecular complexity index is 1730. The number of nitrogens with one attached hydrogen (secondary N) is 3. The molecule has 2 aliphatic heterocycles. The second-order valence-corrected chi connectivity index (χ2v) is 14.3. The van der Waals surface area contributed by atoms with Crippen molar-refractivity contribution in [3.63, 3.8) is 0 Å². The first kappa shape index (κ1) is 33.6. The van der Waals surface area contributed by atoms with Crippen LogP contribution < -0.4 is 20.5 Å². The second-order valence-electron chi connectivity index (χ2n) is 13.0. The summed E-state index contributed by atoms with van der Waals surface area (Å²) in [6.45, 7) is 15.5. The summed E-state index contributed by atoms with van der Waals surface area (Å²) < 4.78 is 10.8. The van der Waals surface area contributed by atoms with Crippen LogP contribution in [0.25, 0.3) is 32.6 Å². The number of rotatable bonds is 16. The van der Waals surface area contributed by atoms with Crippen LogP contribution in [-0.4, -0.2) is 83.9 Å². The number of carbonyl (C=O) groups is 2. The van der Waals surface area contributed by atoms with Crippen LogP contribution in [0.5, 0.6) is 0 Å². The standard InChI is InChI=1S/C37H50N6O3S/c1-5-41(6-2)18-19-42-17-15-27-26(4)36-34(25(3)29(27)23-42)28-11-7-8-12-31(28)43(36)20-22-46-21-16-38-33(44)14-10-9-13-32-35-30(24-47-32)39-37(45)40-35/h7-8,11-12,15,17,23,30,32,35H,5-6,9-10,13-14,16,18-22,24H2,1-4H3,(H2-,38,39,40,44,45)/p+1/t30-,32+,35-/m0/s1. The van der Waals surface area contributed by atoms with E-state index in [-0.39, 0.29) is 24.0 Å². The van der Waals surface area contributed by atoms with Gasteiger partial charge in [0.2, 0.25) is 5.91 Å². The molecule has 0 radical (unpaired) electrons. The molecule has 3 atom stereocenters. The summed E-state index contributed by atoms with van der Waals surface area (Å²) in [6, 6.07) is 11.4. The van der Waals surface area contributed by atoms with E-state index in [2.05, 4.69) is 100 Å². The number of carbonyl (C=O) groups excluding carboxylic acids is 2. The summed E-state index contributed by atoms with van der Waals surface area (Å²) in [6.07, 6.45) is 7.97. The highest BCUT2D eigenvalue weighted by atomic mass is 32.2. The van der Waals surface area contributed by atoms with E-state index >= 15 is 0 Å². The highest BCUT2D eigenvalue weighted by molar-refractivity contribution is 8.00. The minimum absolute atomic E-state index is 0.0459. The zero-order valence-corrected chi connectivity index (χ0v) is 29.3. The zero-order chi connectivity index (χ0) is 32.9. The van der Waals surface area contributed by atoms with Crippen LogP contribution in [0.3, 0.4) is 0 Å². The van der Waals surface area contributed by atoms with Crippen LogP contribution in [0.2, 0.25) is 0 Å². The lowest BCUT2D eigenvalue weighted by molar-refractivity contribution is -0.695. The van der Waals surface area contributed by atoms with Gasteiger partial charge in [-0.25, -0.2) is 9.36 Å². The Morgan fingerprint density at radius 3 is 2.72 bits per heavy atom. The van der Waals surface area contributed by atoms with Gasteiger partial charge < -0.3 is 25.3 Å². The SMILES string of the molecule is CCN(CC)CC[n+]1ccc2c(C)c3c(c(C)c2c1)c1ccccc1n3CCOCCNC(=O)CCCC[C@H]1SC[C@@H]2NC(=O)N[C@@H]21. The van der Waals surface area contributed by atoms with Gasteiger partial charge in [0.15, 0.2) is 18.9 Å². The highest BCUT2D eigenvalue weighted by Gasteiger charge is 2.42. The van der Waals surface area contributed by atoms with Gasteiger partial charge in [0.1, 0.15) is 0 Å². The van der Waals surface area contributed by atoms with Gasteiger partial charge in [-0.2, -0.15) is 11.8 Å². The van der Waals surface area contributed by atoms with Crippen LogP contribution in [0, 0.1) is 13.8 Å². The number of para-hydroxylation sites is 1. The quantitative estimate of drug-likeness (QED) is 0.0890.